The van der Waals surface area contributed by atoms with Crippen LogP contribution in [0.1, 0.15) is 18.5 Å². The van der Waals surface area contributed by atoms with Crippen molar-refractivity contribution in [2.45, 2.75) is 13.0 Å². The van der Waals surface area contributed by atoms with Gasteiger partial charge in [0.05, 0.1) is 20.3 Å². The van der Waals surface area contributed by atoms with Gasteiger partial charge >= 0.3 is 0 Å². The summed E-state index contributed by atoms with van der Waals surface area (Å²) in [5.41, 5.74) is 1.05. The zero-order valence-electron chi connectivity index (χ0n) is 11.7. The van der Waals surface area contributed by atoms with E-state index in [4.69, 9.17) is 9.47 Å². The summed E-state index contributed by atoms with van der Waals surface area (Å²) >= 11 is 3.37. The molecule has 20 heavy (non-hydrogen) atoms. The fourth-order valence-corrected chi connectivity index (χ4v) is 2.17. The van der Waals surface area contributed by atoms with E-state index in [1.807, 2.05) is 30.3 Å². The summed E-state index contributed by atoms with van der Waals surface area (Å²) in [5, 5.41) is 3.34. The monoisotopic (exact) mass is 336 g/mol. The first kappa shape index (κ1) is 14.7. The van der Waals surface area contributed by atoms with Crippen molar-refractivity contribution in [3.05, 3.63) is 46.6 Å². The Labute approximate surface area is 127 Å². The first-order chi connectivity index (χ1) is 9.63. The van der Waals surface area contributed by atoms with Gasteiger partial charge < -0.3 is 14.8 Å². The van der Waals surface area contributed by atoms with Crippen LogP contribution in [0.3, 0.4) is 0 Å². The van der Waals surface area contributed by atoms with E-state index in [0.29, 0.717) is 0 Å². The third kappa shape index (κ3) is 3.42. The maximum absolute atomic E-state index is 5.42. The molecule has 4 nitrogen and oxygen atoms in total. The minimum Gasteiger partial charge on any atom is -0.497 e. The summed E-state index contributed by atoms with van der Waals surface area (Å²) in [6.07, 6.45) is 1.76. The Morgan fingerprint density at radius 3 is 2.55 bits per heavy atom. The van der Waals surface area contributed by atoms with E-state index in [2.05, 4.69) is 33.2 Å². The highest BCUT2D eigenvalue weighted by Crippen LogP contribution is 2.30. The molecule has 2 rings (SSSR count). The number of nitrogens with zero attached hydrogens (tertiary/aromatic N) is 1. The lowest BCUT2D eigenvalue weighted by atomic mass is 10.1. The van der Waals surface area contributed by atoms with Crippen LogP contribution < -0.4 is 14.8 Å². The summed E-state index contributed by atoms with van der Waals surface area (Å²) in [7, 11) is 3.30. The second-order valence-electron chi connectivity index (χ2n) is 4.34. The topological polar surface area (TPSA) is 43.4 Å². The van der Waals surface area contributed by atoms with Gasteiger partial charge in [0.2, 0.25) is 0 Å². The third-order valence-corrected chi connectivity index (χ3v) is 3.47. The van der Waals surface area contributed by atoms with Gasteiger partial charge in [-0.15, -0.1) is 0 Å². The quantitative estimate of drug-likeness (QED) is 0.894. The van der Waals surface area contributed by atoms with E-state index < -0.39 is 0 Å². The highest BCUT2D eigenvalue weighted by atomic mass is 79.9. The maximum Gasteiger partial charge on any atom is 0.127 e. The Kier molecular flexibility index (Phi) is 4.84. The van der Waals surface area contributed by atoms with Crippen LogP contribution in [-0.4, -0.2) is 19.2 Å². The highest BCUT2D eigenvalue weighted by molar-refractivity contribution is 9.10. The largest absolute Gasteiger partial charge is 0.497 e. The minimum atomic E-state index is 0.0736. The summed E-state index contributed by atoms with van der Waals surface area (Å²) in [5.74, 6) is 2.39. The molecule has 1 heterocycles. The van der Waals surface area contributed by atoms with Crippen molar-refractivity contribution in [2.24, 2.45) is 0 Å². The SMILES string of the molecule is COc1ccc(C(C)Nc2ccc(Br)cn2)c(OC)c1. The van der Waals surface area contributed by atoms with E-state index in [1.165, 1.54) is 0 Å². The smallest absolute Gasteiger partial charge is 0.127 e. The molecule has 0 radical (unpaired) electrons. The molecule has 5 heteroatoms. The number of nitrogens with one attached hydrogen (secondary N) is 1. The van der Waals surface area contributed by atoms with Crippen LogP contribution in [0.15, 0.2) is 41.0 Å². The molecule has 0 fully saturated rings. The van der Waals surface area contributed by atoms with Crippen molar-refractivity contribution in [1.29, 1.82) is 0 Å². The molecule has 0 bridgehead atoms. The normalized spacial score (nSPS) is 11.8. The summed E-state index contributed by atoms with van der Waals surface area (Å²) in [6, 6.07) is 9.75. The minimum absolute atomic E-state index is 0.0736. The average Bonchev–Trinajstić information content (AvgIpc) is 2.48. The molecule has 1 unspecified atom stereocenters. The number of anilines is 1. The van der Waals surface area contributed by atoms with E-state index in [0.717, 1.165) is 27.4 Å². The molecule has 0 saturated heterocycles. The number of pyridine rings is 1. The second kappa shape index (κ2) is 6.61. The first-order valence-electron chi connectivity index (χ1n) is 6.24. The van der Waals surface area contributed by atoms with E-state index in [9.17, 15) is 0 Å². The molecule has 1 N–H and O–H groups in total. The number of benzene rings is 1. The zero-order valence-corrected chi connectivity index (χ0v) is 13.3. The Morgan fingerprint density at radius 2 is 1.95 bits per heavy atom. The lowest BCUT2D eigenvalue weighted by molar-refractivity contribution is 0.390. The van der Waals surface area contributed by atoms with E-state index >= 15 is 0 Å². The van der Waals surface area contributed by atoms with Gasteiger partial charge in [0, 0.05) is 22.3 Å². The number of rotatable bonds is 5. The van der Waals surface area contributed by atoms with Gasteiger partial charge in [0.15, 0.2) is 0 Å². The molecule has 0 spiro atoms. The Balaban J connectivity index is 2.20. The van der Waals surface area contributed by atoms with Crippen LogP contribution >= 0.6 is 15.9 Å². The first-order valence-corrected chi connectivity index (χ1v) is 7.03. The van der Waals surface area contributed by atoms with Crippen LogP contribution in [0.4, 0.5) is 5.82 Å². The van der Waals surface area contributed by atoms with Crippen molar-refractivity contribution in [3.8, 4) is 11.5 Å². The molecule has 0 amide bonds. The number of aromatic nitrogens is 1. The molecule has 106 valence electrons. The van der Waals surface area contributed by atoms with Crippen LogP contribution in [0, 0.1) is 0 Å². The second-order valence-corrected chi connectivity index (χ2v) is 5.25. The molecule has 1 atom stereocenters. The molecule has 1 aromatic carbocycles. The zero-order chi connectivity index (χ0) is 14.5. The average molecular weight is 337 g/mol. The molecule has 0 aliphatic carbocycles. The van der Waals surface area contributed by atoms with Crippen molar-refractivity contribution in [3.63, 3.8) is 0 Å². The standard InChI is InChI=1S/C15H17BrN2O2/c1-10(18-15-7-4-11(16)9-17-15)13-6-5-12(19-2)8-14(13)20-3/h4-10H,1-3H3,(H,17,18). The van der Waals surface area contributed by atoms with Gasteiger partial charge in [-0.25, -0.2) is 4.98 Å². The number of methoxy groups -OCH3 is 2. The Bertz CT molecular complexity index is 573. The third-order valence-electron chi connectivity index (χ3n) is 3.00. The van der Waals surface area contributed by atoms with E-state index in [1.54, 1.807) is 20.4 Å². The summed E-state index contributed by atoms with van der Waals surface area (Å²) in [4.78, 5) is 4.31. The number of hydrogen-bond donors (Lipinski definition) is 1. The fourth-order valence-electron chi connectivity index (χ4n) is 1.94. The Hall–Kier alpha value is -1.75. The number of ether oxygens (including phenoxy) is 2. The number of halogens is 1. The molecular weight excluding hydrogens is 320 g/mol. The Morgan fingerprint density at radius 1 is 1.15 bits per heavy atom. The van der Waals surface area contributed by atoms with Crippen LogP contribution in [0.5, 0.6) is 11.5 Å². The van der Waals surface area contributed by atoms with Crippen molar-refractivity contribution in [2.75, 3.05) is 19.5 Å². The highest BCUT2D eigenvalue weighted by Gasteiger charge is 2.12. The van der Waals surface area contributed by atoms with E-state index in [-0.39, 0.29) is 6.04 Å². The molecule has 0 aliphatic heterocycles. The van der Waals surface area contributed by atoms with Crippen molar-refractivity contribution >= 4 is 21.7 Å². The van der Waals surface area contributed by atoms with Crippen LogP contribution in [0.25, 0.3) is 0 Å². The van der Waals surface area contributed by atoms with Crippen LogP contribution in [0.2, 0.25) is 0 Å². The van der Waals surface area contributed by atoms with Crippen LogP contribution in [-0.2, 0) is 0 Å². The summed E-state index contributed by atoms with van der Waals surface area (Å²) in [6.45, 7) is 2.06. The van der Waals surface area contributed by atoms with Crippen molar-refractivity contribution < 1.29 is 9.47 Å². The lowest BCUT2D eigenvalue weighted by Gasteiger charge is -2.18. The molecule has 0 aliphatic rings. The molecular formula is C15H17BrN2O2. The molecule has 1 aromatic heterocycles. The van der Waals surface area contributed by atoms with Gasteiger partial charge in [-0.2, -0.15) is 0 Å². The fraction of sp³-hybridized carbons (Fsp3) is 0.267. The number of hydrogen-bond acceptors (Lipinski definition) is 4. The lowest BCUT2D eigenvalue weighted by Crippen LogP contribution is -2.09. The van der Waals surface area contributed by atoms with Gasteiger partial charge in [-0.05, 0) is 47.1 Å². The maximum atomic E-state index is 5.42. The molecule has 0 saturated carbocycles. The van der Waals surface area contributed by atoms with Crippen molar-refractivity contribution in [1.82, 2.24) is 4.98 Å². The predicted molar refractivity (Wildman–Crippen MR) is 83.5 cm³/mol. The van der Waals surface area contributed by atoms with Gasteiger partial charge in [-0.1, -0.05) is 0 Å². The molecule has 2 aromatic rings. The predicted octanol–water partition coefficient (Wildman–Crippen LogP) is 4.03. The van der Waals surface area contributed by atoms with Gasteiger partial charge in [0.25, 0.3) is 0 Å². The summed E-state index contributed by atoms with van der Waals surface area (Å²) < 4.78 is 11.6. The van der Waals surface area contributed by atoms with Gasteiger partial charge in [-0.3, -0.25) is 0 Å². The van der Waals surface area contributed by atoms with Gasteiger partial charge in [0.1, 0.15) is 17.3 Å².